The molecule has 1 aliphatic rings. The van der Waals surface area contributed by atoms with Crippen LogP contribution in [0, 0.1) is 0 Å². The standard InChI is InChI=1S/C16H23ClN2O/c1-12(2)18-16(20)19-11-7-3-4-10-15(19)13-8-5-6-9-14(13)17/h5-6,8-9,12,15H,3-4,7,10-11H2,1-2H3,(H,18,20). The SMILES string of the molecule is CC(C)NC(=O)N1CCCCCC1c1ccccc1Cl. The molecule has 110 valence electrons. The van der Waals surface area contributed by atoms with Gasteiger partial charge in [0.05, 0.1) is 6.04 Å². The smallest absolute Gasteiger partial charge is 0.318 e. The molecule has 1 saturated heterocycles. The maximum absolute atomic E-state index is 12.4. The first-order valence-corrected chi connectivity index (χ1v) is 7.79. The second-order valence-electron chi connectivity index (χ2n) is 5.68. The summed E-state index contributed by atoms with van der Waals surface area (Å²) in [6.07, 6.45) is 4.36. The van der Waals surface area contributed by atoms with Gasteiger partial charge < -0.3 is 10.2 Å². The van der Waals surface area contributed by atoms with Crippen molar-refractivity contribution in [2.45, 2.75) is 51.6 Å². The number of halogens is 1. The highest BCUT2D eigenvalue weighted by Gasteiger charge is 2.28. The molecule has 1 aromatic carbocycles. The van der Waals surface area contributed by atoms with E-state index in [1.54, 1.807) is 0 Å². The van der Waals surface area contributed by atoms with Crippen molar-refractivity contribution >= 4 is 17.6 Å². The lowest BCUT2D eigenvalue weighted by Crippen LogP contribution is -2.44. The van der Waals surface area contributed by atoms with Gasteiger partial charge in [-0.05, 0) is 38.3 Å². The van der Waals surface area contributed by atoms with E-state index in [1.165, 1.54) is 6.42 Å². The van der Waals surface area contributed by atoms with Gasteiger partial charge in [-0.2, -0.15) is 0 Å². The molecule has 0 aliphatic carbocycles. The second kappa shape index (κ2) is 6.98. The normalized spacial score (nSPS) is 19.8. The van der Waals surface area contributed by atoms with Gasteiger partial charge in [-0.3, -0.25) is 0 Å². The van der Waals surface area contributed by atoms with Crippen LogP contribution in [0.4, 0.5) is 4.79 Å². The van der Waals surface area contributed by atoms with Crippen LogP contribution in [0.5, 0.6) is 0 Å². The molecule has 2 rings (SSSR count). The Morgan fingerprint density at radius 1 is 1.30 bits per heavy atom. The minimum absolute atomic E-state index is 0.0202. The zero-order valence-electron chi connectivity index (χ0n) is 12.2. The van der Waals surface area contributed by atoms with Crippen LogP contribution in [0.15, 0.2) is 24.3 Å². The van der Waals surface area contributed by atoms with Gasteiger partial charge >= 0.3 is 6.03 Å². The van der Waals surface area contributed by atoms with Crippen LogP contribution < -0.4 is 5.32 Å². The Kier molecular flexibility index (Phi) is 5.30. The fourth-order valence-corrected chi connectivity index (χ4v) is 3.01. The number of carbonyl (C=O) groups is 1. The molecule has 3 nitrogen and oxygen atoms in total. The molecule has 4 heteroatoms. The van der Waals surface area contributed by atoms with Crippen LogP contribution >= 0.6 is 11.6 Å². The van der Waals surface area contributed by atoms with Crippen molar-refractivity contribution in [2.24, 2.45) is 0 Å². The molecule has 20 heavy (non-hydrogen) atoms. The topological polar surface area (TPSA) is 32.3 Å². The van der Waals surface area contributed by atoms with Gasteiger partial charge in [-0.25, -0.2) is 4.79 Å². The number of likely N-dealkylation sites (tertiary alicyclic amines) is 1. The summed E-state index contributed by atoms with van der Waals surface area (Å²) in [6, 6.07) is 8.12. The molecule has 1 N–H and O–H groups in total. The monoisotopic (exact) mass is 294 g/mol. The molecule has 1 aliphatic heterocycles. The third-order valence-electron chi connectivity index (χ3n) is 3.69. The molecule has 0 saturated carbocycles. The maximum atomic E-state index is 12.4. The van der Waals surface area contributed by atoms with Crippen molar-refractivity contribution in [1.82, 2.24) is 10.2 Å². The lowest BCUT2D eigenvalue weighted by molar-refractivity contribution is 0.173. The molecule has 1 unspecified atom stereocenters. The summed E-state index contributed by atoms with van der Waals surface area (Å²) in [4.78, 5) is 14.4. The summed E-state index contributed by atoms with van der Waals surface area (Å²) in [7, 11) is 0. The van der Waals surface area contributed by atoms with Crippen LogP contribution in [-0.4, -0.2) is 23.5 Å². The van der Waals surface area contributed by atoms with E-state index in [1.807, 2.05) is 43.0 Å². The number of carbonyl (C=O) groups excluding carboxylic acids is 1. The fraction of sp³-hybridized carbons (Fsp3) is 0.562. The van der Waals surface area contributed by atoms with Crippen molar-refractivity contribution in [3.8, 4) is 0 Å². The van der Waals surface area contributed by atoms with Gasteiger partial charge in [0.2, 0.25) is 0 Å². The molecule has 0 bridgehead atoms. The largest absolute Gasteiger partial charge is 0.336 e. The first kappa shape index (κ1) is 15.2. The van der Waals surface area contributed by atoms with Crippen LogP contribution in [0.25, 0.3) is 0 Å². The number of nitrogens with zero attached hydrogens (tertiary/aromatic N) is 1. The van der Waals surface area contributed by atoms with Gasteiger partial charge in [-0.1, -0.05) is 42.6 Å². The van der Waals surface area contributed by atoms with Gasteiger partial charge in [0.15, 0.2) is 0 Å². The molecule has 0 aromatic heterocycles. The Labute approximate surface area is 126 Å². The van der Waals surface area contributed by atoms with E-state index in [4.69, 9.17) is 11.6 Å². The minimum Gasteiger partial charge on any atom is -0.336 e. The second-order valence-corrected chi connectivity index (χ2v) is 6.09. The number of nitrogens with one attached hydrogen (secondary N) is 1. The van der Waals surface area contributed by atoms with Crippen LogP contribution in [0.2, 0.25) is 5.02 Å². The first-order chi connectivity index (χ1) is 9.59. The van der Waals surface area contributed by atoms with Crippen LogP contribution in [-0.2, 0) is 0 Å². The van der Waals surface area contributed by atoms with Crippen molar-refractivity contribution in [3.05, 3.63) is 34.9 Å². The summed E-state index contributed by atoms with van der Waals surface area (Å²) < 4.78 is 0. The Balaban J connectivity index is 2.26. The van der Waals surface area contributed by atoms with E-state index in [2.05, 4.69) is 5.32 Å². The van der Waals surface area contributed by atoms with E-state index < -0.39 is 0 Å². The highest BCUT2D eigenvalue weighted by atomic mass is 35.5. The number of rotatable bonds is 2. The Morgan fingerprint density at radius 2 is 2.05 bits per heavy atom. The van der Waals surface area contributed by atoms with E-state index in [0.717, 1.165) is 36.4 Å². The van der Waals surface area contributed by atoms with E-state index in [9.17, 15) is 4.79 Å². The van der Waals surface area contributed by atoms with Gasteiger partial charge in [0, 0.05) is 17.6 Å². The molecule has 1 aromatic rings. The van der Waals surface area contributed by atoms with E-state index in [0.29, 0.717) is 0 Å². The number of urea groups is 1. The van der Waals surface area contributed by atoms with Gasteiger partial charge in [0.25, 0.3) is 0 Å². The summed E-state index contributed by atoms with van der Waals surface area (Å²) in [5.41, 5.74) is 1.06. The highest BCUT2D eigenvalue weighted by Crippen LogP contribution is 2.34. The Bertz CT molecular complexity index is 462. The maximum Gasteiger partial charge on any atom is 0.318 e. The van der Waals surface area contributed by atoms with Crippen LogP contribution in [0.3, 0.4) is 0 Å². The summed E-state index contributed by atoms with van der Waals surface area (Å²) in [5, 5.41) is 3.75. The zero-order chi connectivity index (χ0) is 14.5. The van der Waals surface area contributed by atoms with Crippen molar-refractivity contribution in [2.75, 3.05) is 6.54 Å². The number of amides is 2. The van der Waals surface area contributed by atoms with Crippen LogP contribution in [0.1, 0.15) is 51.1 Å². The first-order valence-electron chi connectivity index (χ1n) is 7.41. The molecule has 0 spiro atoms. The van der Waals surface area contributed by atoms with Crippen molar-refractivity contribution in [1.29, 1.82) is 0 Å². The quantitative estimate of drug-likeness (QED) is 0.863. The summed E-state index contributed by atoms with van der Waals surface area (Å²) >= 11 is 6.33. The Hall–Kier alpha value is -1.22. The zero-order valence-corrected chi connectivity index (χ0v) is 13.0. The molecule has 1 fully saturated rings. The van der Waals surface area contributed by atoms with Gasteiger partial charge in [0.1, 0.15) is 0 Å². The predicted octanol–water partition coefficient (Wildman–Crippen LogP) is 4.38. The van der Waals surface area contributed by atoms with Gasteiger partial charge in [-0.15, -0.1) is 0 Å². The molecular weight excluding hydrogens is 272 g/mol. The average Bonchev–Trinajstić information content (AvgIpc) is 2.64. The summed E-state index contributed by atoms with van der Waals surface area (Å²) in [5.74, 6) is 0. The Morgan fingerprint density at radius 3 is 2.75 bits per heavy atom. The lowest BCUT2D eigenvalue weighted by atomic mass is 10.0. The number of benzene rings is 1. The van der Waals surface area contributed by atoms with E-state index >= 15 is 0 Å². The van der Waals surface area contributed by atoms with E-state index in [-0.39, 0.29) is 18.1 Å². The third-order valence-corrected chi connectivity index (χ3v) is 4.03. The predicted molar refractivity (Wildman–Crippen MR) is 83.0 cm³/mol. The number of hydrogen-bond donors (Lipinski definition) is 1. The average molecular weight is 295 g/mol. The molecular formula is C16H23ClN2O. The minimum atomic E-state index is 0.0202. The van der Waals surface area contributed by atoms with Crippen molar-refractivity contribution in [3.63, 3.8) is 0 Å². The molecule has 1 atom stereocenters. The highest BCUT2D eigenvalue weighted by molar-refractivity contribution is 6.31. The molecule has 1 heterocycles. The lowest BCUT2D eigenvalue weighted by Gasteiger charge is -2.31. The third kappa shape index (κ3) is 3.66. The molecule has 0 radical (unpaired) electrons. The van der Waals surface area contributed by atoms with Crippen molar-refractivity contribution < 1.29 is 4.79 Å². The fourth-order valence-electron chi connectivity index (χ4n) is 2.75. The molecule has 2 amide bonds. The number of hydrogen-bond acceptors (Lipinski definition) is 1. The summed E-state index contributed by atoms with van der Waals surface area (Å²) in [6.45, 7) is 4.77.